The van der Waals surface area contributed by atoms with E-state index in [2.05, 4.69) is 10.6 Å². The number of carbonyl (C=O) groups is 4. The maximum atomic E-state index is 14.7. The smallest absolute Gasteiger partial charge is 0.262 e. The van der Waals surface area contributed by atoms with Gasteiger partial charge in [-0.15, -0.1) is 0 Å². The number of imide groups is 2. The minimum absolute atomic E-state index is 0.0427. The molecule has 1 aromatic carbocycles. The van der Waals surface area contributed by atoms with Gasteiger partial charge in [-0.3, -0.25) is 29.4 Å². The Bertz CT molecular complexity index is 848. The number of piperidine rings is 1. The number of fused-ring (bicyclic) bond motifs is 1. The van der Waals surface area contributed by atoms with Crippen molar-refractivity contribution in [3.63, 3.8) is 0 Å². The lowest BCUT2D eigenvalue weighted by atomic mass is 10.0. The molecule has 3 heterocycles. The molecule has 4 rings (SSSR count). The van der Waals surface area contributed by atoms with Gasteiger partial charge in [0.1, 0.15) is 11.9 Å². The van der Waals surface area contributed by atoms with E-state index in [4.69, 9.17) is 0 Å². The molecular formula is C18H19FN4O4. The number of nitrogens with zero attached hydrogens (tertiary/aromatic N) is 2. The molecule has 3 aliphatic heterocycles. The predicted octanol–water partition coefficient (Wildman–Crippen LogP) is 0.0266. The summed E-state index contributed by atoms with van der Waals surface area (Å²) in [6, 6.07) is 1.43. The van der Waals surface area contributed by atoms with Gasteiger partial charge in [-0.05, 0) is 31.5 Å². The van der Waals surface area contributed by atoms with E-state index in [0.717, 1.165) is 23.9 Å². The maximum absolute atomic E-state index is 14.7. The molecule has 2 saturated heterocycles. The Kier molecular flexibility index (Phi) is 4.39. The highest BCUT2D eigenvalue weighted by molar-refractivity contribution is 6.23. The Labute approximate surface area is 154 Å². The molecule has 27 heavy (non-hydrogen) atoms. The van der Waals surface area contributed by atoms with Crippen molar-refractivity contribution in [2.45, 2.75) is 25.3 Å². The quantitative estimate of drug-likeness (QED) is 0.709. The fourth-order valence-electron chi connectivity index (χ4n) is 3.81. The number of anilines is 1. The highest BCUT2D eigenvalue weighted by Gasteiger charge is 2.45. The van der Waals surface area contributed by atoms with Crippen LogP contribution in [0.5, 0.6) is 0 Å². The maximum Gasteiger partial charge on any atom is 0.262 e. The van der Waals surface area contributed by atoms with Gasteiger partial charge in [0.2, 0.25) is 11.8 Å². The third-order valence-corrected chi connectivity index (χ3v) is 5.19. The van der Waals surface area contributed by atoms with Crippen molar-refractivity contribution < 1.29 is 23.6 Å². The molecule has 2 fully saturated rings. The van der Waals surface area contributed by atoms with Crippen molar-refractivity contribution in [2.24, 2.45) is 0 Å². The van der Waals surface area contributed by atoms with Crippen molar-refractivity contribution in [3.05, 3.63) is 29.1 Å². The standard InChI is InChI=1S/C18H19FN4O4/c19-12-8-10-11(9-14(12)22-6-1-4-20-5-7-22)18(27)23(17(10)26)13-2-3-15(24)21-16(13)25/h8-9,13,20H,1-7H2,(H,21,24,25). The molecular weight excluding hydrogens is 355 g/mol. The lowest BCUT2D eigenvalue weighted by Gasteiger charge is -2.27. The number of amides is 4. The minimum atomic E-state index is -1.05. The number of nitrogens with one attached hydrogen (secondary N) is 2. The van der Waals surface area contributed by atoms with Gasteiger partial charge in [0, 0.05) is 26.1 Å². The molecule has 0 saturated carbocycles. The summed E-state index contributed by atoms with van der Waals surface area (Å²) in [5.41, 5.74) is 0.334. The van der Waals surface area contributed by atoms with E-state index in [9.17, 15) is 23.6 Å². The predicted molar refractivity (Wildman–Crippen MR) is 92.8 cm³/mol. The second kappa shape index (κ2) is 6.73. The Hall–Kier alpha value is -2.81. The monoisotopic (exact) mass is 374 g/mol. The van der Waals surface area contributed by atoms with Crippen LogP contribution in [0.3, 0.4) is 0 Å². The Morgan fingerprint density at radius 1 is 1.00 bits per heavy atom. The molecule has 3 aliphatic rings. The van der Waals surface area contributed by atoms with E-state index in [0.29, 0.717) is 19.6 Å². The highest BCUT2D eigenvalue weighted by atomic mass is 19.1. The van der Waals surface area contributed by atoms with Gasteiger partial charge in [-0.2, -0.15) is 0 Å². The first-order valence-corrected chi connectivity index (χ1v) is 8.98. The van der Waals surface area contributed by atoms with Crippen molar-refractivity contribution in [3.8, 4) is 0 Å². The second-order valence-electron chi connectivity index (χ2n) is 6.89. The highest BCUT2D eigenvalue weighted by Crippen LogP contribution is 2.32. The zero-order chi connectivity index (χ0) is 19.1. The minimum Gasteiger partial charge on any atom is -0.368 e. The van der Waals surface area contributed by atoms with Crippen LogP contribution in [0, 0.1) is 5.82 Å². The molecule has 0 spiro atoms. The van der Waals surface area contributed by atoms with Crippen molar-refractivity contribution >= 4 is 29.3 Å². The van der Waals surface area contributed by atoms with Crippen molar-refractivity contribution in [2.75, 3.05) is 31.1 Å². The van der Waals surface area contributed by atoms with E-state index in [1.54, 1.807) is 0 Å². The molecule has 2 N–H and O–H groups in total. The summed E-state index contributed by atoms with van der Waals surface area (Å²) in [6.45, 7) is 2.77. The molecule has 0 aromatic heterocycles. The van der Waals surface area contributed by atoms with Gasteiger partial charge < -0.3 is 10.2 Å². The van der Waals surface area contributed by atoms with E-state index >= 15 is 0 Å². The van der Waals surface area contributed by atoms with Crippen molar-refractivity contribution in [1.29, 1.82) is 0 Å². The fourth-order valence-corrected chi connectivity index (χ4v) is 3.81. The van der Waals surface area contributed by atoms with Gasteiger partial charge in [-0.1, -0.05) is 0 Å². The first-order valence-electron chi connectivity index (χ1n) is 8.98. The van der Waals surface area contributed by atoms with Crippen LogP contribution in [0.15, 0.2) is 12.1 Å². The summed E-state index contributed by atoms with van der Waals surface area (Å²) in [6.07, 6.45) is 0.958. The SMILES string of the molecule is O=C1CCC(N2C(=O)c3cc(F)c(N4CCCNCC4)cc3C2=O)C(=O)N1. The largest absolute Gasteiger partial charge is 0.368 e. The van der Waals surface area contributed by atoms with E-state index < -0.39 is 35.5 Å². The molecule has 0 aliphatic carbocycles. The molecule has 8 nitrogen and oxygen atoms in total. The van der Waals surface area contributed by atoms with Crippen LogP contribution in [-0.4, -0.2) is 60.7 Å². The molecule has 1 atom stereocenters. The van der Waals surface area contributed by atoms with Crippen LogP contribution in [0.4, 0.5) is 10.1 Å². The Balaban J connectivity index is 1.67. The zero-order valence-electron chi connectivity index (χ0n) is 14.6. The first-order chi connectivity index (χ1) is 13.0. The van der Waals surface area contributed by atoms with E-state index in [-0.39, 0.29) is 29.7 Å². The summed E-state index contributed by atoms with van der Waals surface area (Å²) in [7, 11) is 0. The molecule has 9 heteroatoms. The first kappa shape index (κ1) is 17.6. The number of carbonyl (C=O) groups excluding carboxylic acids is 4. The summed E-state index contributed by atoms with van der Waals surface area (Å²) < 4.78 is 14.7. The van der Waals surface area contributed by atoms with Crippen LogP contribution < -0.4 is 15.5 Å². The van der Waals surface area contributed by atoms with E-state index in [1.807, 2.05) is 4.90 Å². The third kappa shape index (κ3) is 2.97. The fraction of sp³-hybridized carbons (Fsp3) is 0.444. The summed E-state index contributed by atoms with van der Waals surface area (Å²) >= 11 is 0. The number of hydrogen-bond acceptors (Lipinski definition) is 6. The average molecular weight is 374 g/mol. The number of rotatable bonds is 2. The third-order valence-electron chi connectivity index (χ3n) is 5.19. The molecule has 0 bridgehead atoms. The normalized spacial score (nSPS) is 23.4. The molecule has 1 unspecified atom stereocenters. The van der Waals surface area contributed by atoms with Gasteiger partial charge in [-0.25, -0.2) is 4.39 Å². The molecule has 0 radical (unpaired) electrons. The van der Waals surface area contributed by atoms with Gasteiger partial charge in [0.25, 0.3) is 11.8 Å². The van der Waals surface area contributed by atoms with Crippen LogP contribution in [0.2, 0.25) is 0 Å². The zero-order valence-corrected chi connectivity index (χ0v) is 14.6. The molecule has 142 valence electrons. The number of halogens is 1. The summed E-state index contributed by atoms with van der Waals surface area (Å²) in [5, 5.41) is 5.37. The summed E-state index contributed by atoms with van der Waals surface area (Å²) in [5.74, 6) is -3.01. The topological polar surface area (TPSA) is 98.8 Å². The Morgan fingerprint density at radius 3 is 2.48 bits per heavy atom. The molecule has 1 aromatic rings. The second-order valence-corrected chi connectivity index (χ2v) is 6.89. The molecule has 4 amide bonds. The van der Waals surface area contributed by atoms with Gasteiger partial charge >= 0.3 is 0 Å². The lowest BCUT2D eigenvalue weighted by molar-refractivity contribution is -0.136. The van der Waals surface area contributed by atoms with E-state index in [1.165, 1.54) is 6.07 Å². The average Bonchev–Trinajstić information content (AvgIpc) is 2.83. The van der Waals surface area contributed by atoms with Crippen LogP contribution in [-0.2, 0) is 9.59 Å². The number of benzene rings is 1. The van der Waals surface area contributed by atoms with Crippen LogP contribution in [0.1, 0.15) is 40.0 Å². The summed E-state index contributed by atoms with van der Waals surface area (Å²) in [4.78, 5) is 51.6. The van der Waals surface area contributed by atoms with Gasteiger partial charge in [0.15, 0.2) is 0 Å². The Morgan fingerprint density at radius 2 is 1.74 bits per heavy atom. The lowest BCUT2D eigenvalue weighted by Crippen LogP contribution is -2.54. The van der Waals surface area contributed by atoms with Crippen LogP contribution >= 0.6 is 0 Å². The number of hydrogen-bond donors (Lipinski definition) is 2. The van der Waals surface area contributed by atoms with Crippen molar-refractivity contribution in [1.82, 2.24) is 15.5 Å². The van der Waals surface area contributed by atoms with Crippen LogP contribution in [0.25, 0.3) is 0 Å². The van der Waals surface area contributed by atoms with Gasteiger partial charge in [0.05, 0.1) is 16.8 Å².